The van der Waals surface area contributed by atoms with Crippen molar-refractivity contribution in [1.82, 2.24) is 29.7 Å². The number of anilines is 6. The number of para-hydroxylation sites is 1. The fourth-order valence-electron chi connectivity index (χ4n) is 15.3. The molecule has 0 saturated carbocycles. The van der Waals surface area contributed by atoms with Crippen molar-refractivity contribution in [3.63, 3.8) is 0 Å². The molecular weight excluding hydrogens is 1850 g/mol. The maximum Gasteiger partial charge on any atom is 0.347 e. The molecule has 0 aliphatic rings. The molecule has 0 atom stereocenters. The lowest BCUT2D eigenvalue weighted by molar-refractivity contribution is 0.0725. The minimum absolute atomic E-state index is 0.0340. The predicted octanol–water partition coefficient (Wildman–Crippen LogP) is 26.0. The fourth-order valence-corrected chi connectivity index (χ4v) is 15.3. The summed E-state index contributed by atoms with van der Waals surface area (Å²) in [6, 6.07) is 88.7. The van der Waals surface area contributed by atoms with E-state index in [4.69, 9.17) is 66.3 Å². The van der Waals surface area contributed by atoms with Gasteiger partial charge < -0.3 is 97.0 Å². The van der Waals surface area contributed by atoms with Crippen LogP contribution in [0.4, 0.5) is 69.0 Å². The summed E-state index contributed by atoms with van der Waals surface area (Å²) in [5.41, 5.74) is 8.52. The van der Waals surface area contributed by atoms with Crippen molar-refractivity contribution < 1.29 is 80.7 Å². The van der Waals surface area contributed by atoms with Gasteiger partial charge in [0.1, 0.15) is 82.5 Å². The highest BCUT2D eigenvalue weighted by Crippen LogP contribution is 2.44. The highest BCUT2D eigenvalue weighted by Gasteiger charge is 2.27. The third-order valence-electron chi connectivity index (χ3n) is 22.6. The lowest BCUT2D eigenvalue weighted by Crippen LogP contribution is -2.29. The quantitative estimate of drug-likeness (QED) is 0.0138. The molecule has 1 heterocycles. The monoisotopic (exact) mass is 1980 g/mol. The molecule has 0 saturated heterocycles. The molecule has 0 amide bonds. The number of aromatic nitrogens is 3. The summed E-state index contributed by atoms with van der Waals surface area (Å²) >= 11 is 0. The Morgan fingerprint density at radius 3 is 0.815 bits per heavy atom. The average Bonchev–Trinajstić information content (AvgIpc) is 0.760. The molecule has 0 bridgehead atoms. The van der Waals surface area contributed by atoms with Gasteiger partial charge in [0.2, 0.25) is 17.8 Å². The van der Waals surface area contributed by atoms with Gasteiger partial charge in [0.25, 0.3) is 0 Å². The Balaban J connectivity index is 0.000000246. The third-order valence-corrected chi connectivity index (χ3v) is 22.6. The van der Waals surface area contributed by atoms with Gasteiger partial charge in [0.05, 0.1) is 91.0 Å². The molecule has 758 valence electrons. The second kappa shape index (κ2) is 57.3. The van der Waals surface area contributed by atoms with Gasteiger partial charge in [-0.2, -0.15) is 45.6 Å². The first-order valence-electron chi connectivity index (χ1n) is 48.1. The van der Waals surface area contributed by atoms with Crippen molar-refractivity contribution in [2.45, 2.75) is 66.7 Å². The van der Waals surface area contributed by atoms with Crippen molar-refractivity contribution in [2.75, 3.05) is 152 Å². The molecule has 0 radical (unpaired) electrons. The van der Waals surface area contributed by atoms with Gasteiger partial charge in [-0.15, -0.1) is 0 Å². The van der Waals surface area contributed by atoms with Crippen LogP contribution in [0.25, 0.3) is 0 Å². The first-order valence-corrected chi connectivity index (χ1v) is 48.1. The van der Waals surface area contributed by atoms with E-state index in [-0.39, 0.29) is 76.9 Å². The highest BCUT2D eigenvalue weighted by molar-refractivity contribution is 5.97. The maximum absolute atomic E-state index is 14.7. The van der Waals surface area contributed by atoms with Gasteiger partial charge in [-0.25, -0.2) is 14.4 Å². The van der Waals surface area contributed by atoms with E-state index in [0.717, 1.165) is 104 Å². The summed E-state index contributed by atoms with van der Waals surface area (Å²) < 4.78 is 80.8. The molecule has 0 unspecified atom stereocenters. The molecule has 0 aliphatic heterocycles. The minimum Gasteiger partial charge on any atom is -0.497 e. The van der Waals surface area contributed by atoms with Gasteiger partial charge in [0.15, 0.2) is 34.5 Å². The average molecular weight is 1980 g/mol. The van der Waals surface area contributed by atoms with Crippen LogP contribution >= 0.6 is 0 Å². The van der Waals surface area contributed by atoms with Crippen LogP contribution < -0.4 is 82.3 Å². The summed E-state index contributed by atoms with van der Waals surface area (Å²) in [4.78, 5) is 64.2. The van der Waals surface area contributed by atoms with E-state index in [2.05, 4.69) is 118 Å². The van der Waals surface area contributed by atoms with Crippen LogP contribution in [0.1, 0.15) is 114 Å². The normalized spacial score (nSPS) is 11.1. The summed E-state index contributed by atoms with van der Waals surface area (Å²) in [6.07, 6.45) is 2.91. The number of benzene rings is 13. The number of likely N-dealkylation sites (N-methyl/N-ethyl adjacent to an activating group) is 3. The number of nitrogens with one attached hydrogen (secondary N) is 3. The molecule has 3 N–H and O–H groups in total. The predicted molar refractivity (Wildman–Crippen MR) is 568 cm³/mol. The van der Waals surface area contributed by atoms with Crippen molar-refractivity contribution >= 4 is 86.9 Å². The molecule has 146 heavy (non-hydrogen) atoms. The van der Waals surface area contributed by atoms with E-state index in [9.17, 15) is 14.4 Å². The number of rotatable bonds is 50. The number of hydrogen-bond acceptors (Lipinski definition) is 32. The Labute approximate surface area is 852 Å². The Hall–Kier alpha value is -16.8. The van der Waals surface area contributed by atoms with E-state index in [1.165, 1.54) is 36.4 Å². The van der Waals surface area contributed by atoms with Gasteiger partial charge in [0, 0.05) is 72.9 Å². The number of methoxy groups -OCH3 is 8. The van der Waals surface area contributed by atoms with Crippen LogP contribution in [0.2, 0.25) is 0 Å². The number of nitrogens with zero attached hydrogens (tertiary/aromatic N) is 12. The molecule has 0 fully saturated rings. The third kappa shape index (κ3) is 32.6. The fraction of sp³-hybridized carbons (Fsp3) is 0.263. The highest BCUT2D eigenvalue weighted by atomic mass is 16.6. The van der Waals surface area contributed by atoms with Gasteiger partial charge in [-0.1, -0.05) is 145 Å². The lowest BCUT2D eigenvalue weighted by Gasteiger charge is -2.22. The standard InChI is InChI=1S/C66H75N9O9.C25H28O6.C23H22N6O2/c1-7-34-73(10-4)37-40-79-61-31-28-52(70-67-49-22-16-13-17-23-49)43-58(61)64(76)82-55-46-56(83-65(77)59-44-53(71-68-50-24-18-14-19-25-50)29-32-62(59)80-41-38-74(11-5)35-8-2)48-57(47-55)84-66(78)60-45-54(72-69-51-26-20-15-21-27-51)30-33-63(60)81-42-39-75(12-6)36-9-3;1-26-19-10-7-16(13-22(19)29-4)25(17-8-11-20(27-2)23(14-17)30-5)18-9-12-21(28-3)24(15-18)31-6;1-30-19-12-6-10-17(14-19)25-22-27-21(24-16-8-4-3-5-9-16)28-23(29-22)26-18-11-7-13-20(15-18)31-2/h13-33,43-48H,7-12,34-42H2,1-6H3;7-15,25H,1-6H3;3-15H,1-2H3,(H3,24,25,26,27,28,29). The zero-order valence-electron chi connectivity index (χ0n) is 84.8. The van der Waals surface area contributed by atoms with Gasteiger partial charge in [-0.3, -0.25) is 0 Å². The van der Waals surface area contributed by atoms with Gasteiger partial charge >= 0.3 is 17.9 Å². The van der Waals surface area contributed by atoms with Crippen LogP contribution in [-0.4, -0.2) is 183 Å². The lowest BCUT2D eigenvalue weighted by atomic mass is 9.84. The van der Waals surface area contributed by atoms with Crippen LogP contribution in [0.5, 0.6) is 80.5 Å². The second-order valence-corrected chi connectivity index (χ2v) is 32.6. The Morgan fingerprint density at radius 2 is 0.534 bits per heavy atom. The summed E-state index contributed by atoms with van der Waals surface area (Å²) in [7, 11) is 13.0. The Morgan fingerprint density at radius 1 is 0.260 bits per heavy atom. The van der Waals surface area contributed by atoms with E-state index in [1.54, 1.807) is 93.3 Å². The number of hydrogen-bond donors (Lipinski definition) is 3. The van der Waals surface area contributed by atoms with E-state index in [0.29, 0.717) is 106 Å². The van der Waals surface area contributed by atoms with Crippen molar-refractivity contribution in [1.29, 1.82) is 0 Å². The molecule has 32 heteroatoms. The molecule has 0 aliphatic carbocycles. The molecule has 0 spiro atoms. The summed E-state index contributed by atoms with van der Waals surface area (Å²) in [6.45, 7) is 20.4. The largest absolute Gasteiger partial charge is 0.497 e. The zero-order valence-corrected chi connectivity index (χ0v) is 84.8. The number of esters is 3. The number of azo groups is 3. The topological polar surface area (TPSA) is 339 Å². The van der Waals surface area contributed by atoms with E-state index in [1.807, 2.05) is 224 Å². The minimum atomic E-state index is -0.851. The first kappa shape index (κ1) is 108. The number of ether oxygens (including phenoxy) is 14. The Bertz CT molecular complexity index is 6060. The van der Waals surface area contributed by atoms with Crippen LogP contribution in [0, 0.1) is 0 Å². The smallest absolute Gasteiger partial charge is 0.347 e. The first-order chi connectivity index (χ1) is 71.4. The molecule has 1 aromatic heterocycles. The van der Waals surface area contributed by atoms with Crippen molar-refractivity contribution in [2.24, 2.45) is 30.7 Å². The zero-order chi connectivity index (χ0) is 103. The number of carbonyl (C=O) groups is 3. The van der Waals surface area contributed by atoms with Crippen molar-refractivity contribution in [3.8, 4) is 80.5 Å². The number of carbonyl (C=O) groups excluding carboxylic acids is 3. The molecular formula is C114H125N15O17. The molecule has 32 nitrogen and oxygen atoms in total. The van der Waals surface area contributed by atoms with Crippen LogP contribution in [-0.2, 0) is 0 Å². The summed E-state index contributed by atoms with van der Waals surface area (Å²) in [5, 5.41) is 35.9. The van der Waals surface area contributed by atoms with E-state index < -0.39 is 17.9 Å². The summed E-state index contributed by atoms with van der Waals surface area (Å²) in [5.74, 6) is 4.21. The van der Waals surface area contributed by atoms with Crippen molar-refractivity contribution in [3.05, 3.63) is 331 Å². The maximum atomic E-state index is 14.7. The van der Waals surface area contributed by atoms with Crippen LogP contribution in [0.3, 0.4) is 0 Å². The van der Waals surface area contributed by atoms with Gasteiger partial charge in [-0.05, 0) is 239 Å². The van der Waals surface area contributed by atoms with Crippen LogP contribution in [0.15, 0.2) is 328 Å². The molecule has 14 rings (SSSR count). The Kier molecular flexibility index (Phi) is 42.4. The molecule has 13 aromatic carbocycles. The molecule has 14 aromatic rings. The van der Waals surface area contributed by atoms with E-state index >= 15 is 0 Å². The SMILES string of the molecule is CCCN(CC)CCOc1ccc(N=Nc2ccccc2)cc1C(=O)Oc1cc(OC(=O)c2cc(N=Nc3ccccc3)ccc2OCCN(CC)CCC)cc(OC(=O)c2cc(N=Nc3ccccc3)ccc2OCCN(CC)CCC)c1.COc1ccc(C(c2ccc(OC)c(OC)c2)c2ccc(OC)c(OC)c2)cc1OC.COc1cccc(Nc2nc(Nc3ccccc3)nc(Nc3cccc(OC)c3)n2)c1. The second-order valence-electron chi connectivity index (χ2n) is 32.6.